The molecule has 98 valence electrons. The van der Waals surface area contributed by atoms with Crippen molar-refractivity contribution in [3.8, 4) is 0 Å². The highest BCUT2D eigenvalue weighted by Gasteiger charge is 2.14. The number of unbranched alkanes of at least 4 members (excludes halogenated alkanes) is 1. The smallest absolute Gasteiger partial charge is 0.236 e. The van der Waals surface area contributed by atoms with Crippen molar-refractivity contribution in [2.24, 2.45) is 11.5 Å². The van der Waals surface area contributed by atoms with E-state index in [0.29, 0.717) is 4.99 Å². The predicted molar refractivity (Wildman–Crippen MR) is 76.4 cm³/mol. The monoisotopic (exact) mass is 266 g/mol. The lowest BCUT2D eigenvalue weighted by atomic mass is 10.2. The number of hydrogen-bond donors (Lipinski definition) is 2. The third-order valence-corrected chi connectivity index (χ3v) is 2.75. The molecular formula is C12H18N4OS. The van der Waals surface area contributed by atoms with E-state index in [4.69, 9.17) is 23.7 Å². The van der Waals surface area contributed by atoms with Crippen LogP contribution in [-0.4, -0.2) is 29.0 Å². The molecule has 0 aromatic carbocycles. The molecular weight excluding hydrogens is 248 g/mol. The van der Waals surface area contributed by atoms with Gasteiger partial charge in [0.05, 0.1) is 18.4 Å². The minimum atomic E-state index is -0.385. The Morgan fingerprint density at radius 1 is 1.50 bits per heavy atom. The molecule has 0 radical (unpaired) electrons. The van der Waals surface area contributed by atoms with Gasteiger partial charge < -0.3 is 16.4 Å². The minimum absolute atomic E-state index is 0.140. The van der Waals surface area contributed by atoms with E-state index in [-0.39, 0.29) is 12.5 Å². The maximum atomic E-state index is 11.1. The minimum Gasteiger partial charge on any atom is -0.389 e. The average molecular weight is 266 g/mol. The highest BCUT2D eigenvalue weighted by Crippen LogP contribution is 2.19. The number of pyridine rings is 1. The molecule has 1 aromatic heterocycles. The number of primary amides is 1. The number of anilines is 1. The Balaban J connectivity index is 3.03. The Labute approximate surface area is 112 Å². The number of aromatic nitrogens is 1. The lowest BCUT2D eigenvalue weighted by molar-refractivity contribution is -0.116. The third kappa shape index (κ3) is 3.96. The van der Waals surface area contributed by atoms with Crippen LogP contribution in [0.1, 0.15) is 25.3 Å². The molecule has 0 aliphatic rings. The highest BCUT2D eigenvalue weighted by molar-refractivity contribution is 7.80. The summed E-state index contributed by atoms with van der Waals surface area (Å²) in [7, 11) is 0. The van der Waals surface area contributed by atoms with E-state index in [1.165, 1.54) is 0 Å². The molecule has 0 spiro atoms. The topological polar surface area (TPSA) is 85.2 Å². The zero-order valence-corrected chi connectivity index (χ0v) is 11.2. The van der Waals surface area contributed by atoms with Gasteiger partial charge in [0.1, 0.15) is 4.99 Å². The van der Waals surface area contributed by atoms with Gasteiger partial charge in [0, 0.05) is 18.3 Å². The van der Waals surface area contributed by atoms with Crippen molar-refractivity contribution in [1.29, 1.82) is 0 Å². The van der Waals surface area contributed by atoms with Crippen LogP contribution in [0.5, 0.6) is 0 Å². The van der Waals surface area contributed by atoms with Crippen LogP contribution in [0, 0.1) is 0 Å². The van der Waals surface area contributed by atoms with Crippen LogP contribution in [0.15, 0.2) is 18.5 Å². The van der Waals surface area contributed by atoms with E-state index in [9.17, 15) is 4.79 Å². The standard InChI is InChI=1S/C12H18N4OS/c1-2-3-6-16(8-11(13)17)10-7-15-5-4-9(10)12(14)18/h4-5,7H,2-3,6,8H2,1H3,(H2,13,17)(H2,14,18). The van der Waals surface area contributed by atoms with Crippen LogP contribution in [-0.2, 0) is 4.79 Å². The SMILES string of the molecule is CCCCN(CC(N)=O)c1cnccc1C(N)=S. The molecule has 18 heavy (non-hydrogen) atoms. The van der Waals surface area contributed by atoms with Gasteiger partial charge in [-0.1, -0.05) is 25.6 Å². The van der Waals surface area contributed by atoms with Crippen LogP contribution < -0.4 is 16.4 Å². The molecule has 1 amide bonds. The van der Waals surface area contributed by atoms with Crippen LogP contribution in [0.4, 0.5) is 5.69 Å². The molecule has 4 N–H and O–H groups in total. The van der Waals surface area contributed by atoms with E-state index in [2.05, 4.69) is 11.9 Å². The highest BCUT2D eigenvalue weighted by atomic mass is 32.1. The number of thiocarbonyl (C=S) groups is 1. The van der Waals surface area contributed by atoms with Gasteiger partial charge in [0.25, 0.3) is 0 Å². The van der Waals surface area contributed by atoms with Crippen LogP contribution in [0.2, 0.25) is 0 Å². The van der Waals surface area contributed by atoms with Crippen molar-refractivity contribution in [3.05, 3.63) is 24.0 Å². The summed E-state index contributed by atoms with van der Waals surface area (Å²) in [6.45, 7) is 2.95. The number of nitrogens with two attached hydrogens (primary N) is 2. The summed E-state index contributed by atoms with van der Waals surface area (Å²) in [6.07, 6.45) is 5.27. The summed E-state index contributed by atoms with van der Waals surface area (Å²) < 4.78 is 0. The Morgan fingerprint density at radius 2 is 2.22 bits per heavy atom. The molecule has 0 saturated carbocycles. The van der Waals surface area contributed by atoms with Gasteiger partial charge in [-0.05, 0) is 12.5 Å². The second-order valence-electron chi connectivity index (χ2n) is 4.00. The largest absolute Gasteiger partial charge is 0.389 e. The van der Waals surface area contributed by atoms with Gasteiger partial charge in [-0.15, -0.1) is 0 Å². The third-order valence-electron chi connectivity index (χ3n) is 2.53. The molecule has 6 heteroatoms. The molecule has 1 heterocycles. The van der Waals surface area contributed by atoms with E-state index in [1.54, 1.807) is 18.5 Å². The molecule has 0 bridgehead atoms. The fourth-order valence-electron chi connectivity index (χ4n) is 1.67. The maximum absolute atomic E-state index is 11.1. The molecule has 0 aliphatic carbocycles. The van der Waals surface area contributed by atoms with Crippen molar-refractivity contribution < 1.29 is 4.79 Å². The molecule has 5 nitrogen and oxygen atoms in total. The zero-order chi connectivity index (χ0) is 13.5. The molecule has 1 aromatic rings. The summed E-state index contributed by atoms with van der Waals surface area (Å²) in [5.74, 6) is -0.385. The van der Waals surface area contributed by atoms with Gasteiger partial charge in [-0.2, -0.15) is 0 Å². The summed E-state index contributed by atoms with van der Waals surface area (Å²) in [5.41, 5.74) is 12.4. The molecule has 0 fully saturated rings. The number of amides is 1. The number of carbonyl (C=O) groups excluding carboxylic acids is 1. The first-order chi connectivity index (χ1) is 8.56. The lowest BCUT2D eigenvalue weighted by Crippen LogP contribution is -2.35. The number of carbonyl (C=O) groups is 1. The zero-order valence-electron chi connectivity index (χ0n) is 10.4. The van der Waals surface area contributed by atoms with Crippen molar-refractivity contribution in [2.75, 3.05) is 18.0 Å². The Hall–Kier alpha value is -1.69. The molecule has 0 unspecified atom stereocenters. The van der Waals surface area contributed by atoms with Crippen LogP contribution in [0.25, 0.3) is 0 Å². The predicted octanol–water partition coefficient (Wildman–Crippen LogP) is 0.808. The molecule has 0 atom stereocenters. The number of nitrogens with zero attached hydrogens (tertiary/aromatic N) is 2. The molecule has 0 aliphatic heterocycles. The fraction of sp³-hybridized carbons (Fsp3) is 0.417. The summed E-state index contributed by atoms with van der Waals surface area (Å²) in [5, 5.41) is 0. The van der Waals surface area contributed by atoms with Crippen LogP contribution >= 0.6 is 12.2 Å². The van der Waals surface area contributed by atoms with Crippen molar-refractivity contribution in [2.45, 2.75) is 19.8 Å². The van der Waals surface area contributed by atoms with Crippen molar-refractivity contribution in [3.63, 3.8) is 0 Å². The second-order valence-corrected chi connectivity index (χ2v) is 4.44. The van der Waals surface area contributed by atoms with Gasteiger partial charge in [0.15, 0.2) is 0 Å². The van der Waals surface area contributed by atoms with E-state index in [1.807, 2.05) is 4.90 Å². The van der Waals surface area contributed by atoms with E-state index < -0.39 is 0 Å². The number of hydrogen-bond acceptors (Lipinski definition) is 4. The quantitative estimate of drug-likeness (QED) is 0.713. The van der Waals surface area contributed by atoms with Crippen molar-refractivity contribution >= 4 is 28.8 Å². The number of rotatable bonds is 7. The first-order valence-corrected chi connectivity index (χ1v) is 6.24. The lowest BCUT2D eigenvalue weighted by Gasteiger charge is -2.24. The maximum Gasteiger partial charge on any atom is 0.236 e. The average Bonchev–Trinajstić information content (AvgIpc) is 2.34. The van der Waals surface area contributed by atoms with Gasteiger partial charge >= 0.3 is 0 Å². The first-order valence-electron chi connectivity index (χ1n) is 5.83. The Kier molecular flexibility index (Phi) is 5.51. The summed E-state index contributed by atoms with van der Waals surface area (Å²) in [4.78, 5) is 17.3. The van der Waals surface area contributed by atoms with E-state index >= 15 is 0 Å². The summed E-state index contributed by atoms with van der Waals surface area (Å²) in [6, 6.07) is 1.75. The molecule has 1 rings (SSSR count). The van der Waals surface area contributed by atoms with Crippen molar-refractivity contribution in [1.82, 2.24) is 4.98 Å². The van der Waals surface area contributed by atoms with Gasteiger partial charge in [0.2, 0.25) is 5.91 Å². The first kappa shape index (κ1) is 14.4. The normalized spacial score (nSPS) is 10.1. The van der Waals surface area contributed by atoms with Crippen LogP contribution in [0.3, 0.4) is 0 Å². The van der Waals surface area contributed by atoms with Gasteiger partial charge in [-0.3, -0.25) is 9.78 Å². The Bertz CT molecular complexity index is 436. The van der Waals surface area contributed by atoms with E-state index in [0.717, 1.165) is 30.6 Å². The van der Waals surface area contributed by atoms with Gasteiger partial charge in [-0.25, -0.2) is 0 Å². The molecule has 0 saturated heterocycles. The Morgan fingerprint density at radius 3 is 2.78 bits per heavy atom. The summed E-state index contributed by atoms with van der Waals surface area (Å²) >= 11 is 5.00. The fourth-order valence-corrected chi connectivity index (χ4v) is 1.84. The second kappa shape index (κ2) is 6.90.